The Morgan fingerprint density at radius 2 is 1.90 bits per heavy atom. The van der Waals surface area contributed by atoms with Gasteiger partial charge in [0.2, 0.25) is 5.92 Å². The average Bonchev–Trinajstić information content (AvgIpc) is 2.62. The standard InChI is InChI=1S/C20H19F5N2O2/c1-11-17(12-6-14(21)9-16(7-12)29-19(22)23)8-13(10-26-11)18(28)27-15-2-4-20(24,25)5-3-15/h6-10,15,19H,2-5H2,1H3,(H,27,28). The third-order valence-electron chi connectivity index (χ3n) is 4.81. The highest BCUT2D eigenvalue weighted by Crippen LogP contribution is 2.33. The smallest absolute Gasteiger partial charge is 0.387 e. The molecular weight excluding hydrogens is 395 g/mol. The molecule has 1 saturated carbocycles. The van der Waals surface area contributed by atoms with Crippen molar-refractivity contribution in [1.82, 2.24) is 10.3 Å². The van der Waals surface area contributed by atoms with Crippen LogP contribution in [0.15, 0.2) is 30.5 Å². The molecule has 1 heterocycles. The van der Waals surface area contributed by atoms with E-state index in [0.717, 1.165) is 12.1 Å². The number of rotatable bonds is 5. The maximum Gasteiger partial charge on any atom is 0.387 e. The molecule has 0 saturated heterocycles. The predicted octanol–water partition coefficient (Wildman–Crippen LogP) is 5.11. The predicted molar refractivity (Wildman–Crippen MR) is 95.7 cm³/mol. The Hall–Kier alpha value is -2.71. The van der Waals surface area contributed by atoms with E-state index in [1.807, 2.05) is 0 Å². The molecule has 1 N–H and O–H groups in total. The minimum atomic E-state index is -3.11. The van der Waals surface area contributed by atoms with Gasteiger partial charge in [-0.3, -0.25) is 9.78 Å². The molecule has 29 heavy (non-hydrogen) atoms. The number of nitrogens with one attached hydrogen (secondary N) is 1. The Morgan fingerprint density at radius 1 is 1.21 bits per heavy atom. The quantitative estimate of drug-likeness (QED) is 0.693. The Morgan fingerprint density at radius 3 is 2.55 bits per heavy atom. The van der Waals surface area contributed by atoms with E-state index in [1.54, 1.807) is 6.92 Å². The summed E-state index contributed by atoms with van der Waals surface area (Å²) in [6.07, 6.45) is 1.09. The van der Waals surface area contributed by atoms with E-state index < -0.39 is 24.3 Å². The Bertz CT molecular complexity index is 894. The first-order chi connectivity index (χ1) is 13.6. The van der Waals surface area contributed by atoms with Gasteiger partial charge in [-0.15, -0.1) is 0 Å². The fraction of sp³-hybridized carbons (Fsp3) is 0.400. The number of amides is 1. The summed E-state index contributed by atoms with van der Waals surface area (Å²) >= 11 is 0. The molecule has 0 radical (unpaired) electrons. The minimum absolute atomic E-state index is 0.156. The number of aromatic nitrogens is 1. The fourth-order valence-electron chi connectivity index (χ4n) is 3.29. The van der Waals surface area contributed by atoms with Crippen molar-refractivity contribution in [1.29, 1.82) is 0 Å². The summed E-state index contributed by atoms with van der Waals surface area (Å²) in [6.45, 7) is -1.48. The number of ether oxygens (including phenoxy) is 1. The maximum atomic E-state index is 13.8. The van der Waals surface area contributed by atoms with Gasteiger partial charge in [-0.25, -0.2) is 13.2 Å². The van der Waals surface area contributed by atoms with Gasteiger partial charge in [0.05, 0.1) is 5.56 Å². The topological polar surface area (TPSA) is 51.2 Å². The zero-order chi connectivity index (χ0) is 21.2. The highest BCUT2D eigenvalue weighted by molar-refractivity contribution is 5.95. The molecule has 0 bridgehead atoms. The first-order valence-corrected chi connectivity index (χ1v) is 9.04. The molecule has 0 spiro atoms. The van der Waals surface area contributed by atoms with Crippen molar-refractivity contribution in [3.8, 4) is 16.9 Å². The summed E-state index contributed by atoms with van der Waals surface area (Å²) in [5, 5.41) is 2.71. The van der Waals surface area contributed by atoms with Crippen LogP contribution in [0.2, 0.25) is 0 Å². The van der Waals surface area contributed by atoms with Crippen molar-refractivity contribution in [3.63, 3.8) is 0 Å². The van der Waals surface area contributed by atoms with Crippen LogP contribution in [-0.2, 0) is 0 Å². The highest BCUT2D eigenvalue weighted by Gasteiger charge is 2.35. The van der Waals surface area contributed by atoms with Gasteiger partial charge >= 0.3 is 6.61 Å². The van der Waals surface area contributed by atoms with Crippen LogP contribution in [0.5, 0.6) is 5.75 Å². The summed E-state index contributed by atoms with van der Waals surface area (Å²) in [7, 11) is 0. The van der Waals surface area contributed by atoms with E-state index in [9.17, 15) is 26.7 Å². The molecule has 1 aliphatic rings. The molecule has 3 rings (SSSR count). The van der Waals surface area contributed by atoms with Crippen LogP contribution in [0.25, 0.3) is 11.1 Å². The average molecular weight is 414 g/mol. The second kappa shape index (κ2) is 8.34. The molecule has 0 aliphatic heterocycles. The van der Waals surface area contributed by atoms with Gasteiger partial charge in [-0.1, -0.05) is 0 Å². The molecule has 1 aromatic carbocycles. The number of hydrogen-bond acceptors (Lipinski definition) is 3. The van der Waals surface area contributed by atoms with E-state index in [1.165, 1.54) is 18.3 Å². The second-order valence-corrected chi connectivity index (χ2v) is 7.01. The summed E-state index contributed by atoms with van der Waals surface area (Å²) in [5.74, 6) is -4.33. The molecule has 1 aromatic heterocycles. The van der Waals surface area contributed by atoms with Crippen LogP contribution < -0.4 is 10.1 Å². The number of aryl methyl sites for hydroxylation is 1. The molecule has 1 amide bonds. The number of hydrogen-bond donors (Lipinski definition) is 1. The lowest BCUT2D eigenvalue weighted by Gasteiger charge is -2.28. The molecule has 1 aliphatic carbocycles. The summed E-state index contributed by atoms with van der Waals surface area (Å²) in [5.41, 5.74) is 1.19. The lowest BCUT2D eigenvalue weighted by atomic mass is 9.92. The van der Waals surface area contributed by atoms with Crippen molar-refractivity contribution in [2.45, 2.75) is 51.2 Å². The van der Waals surface area contributed by atoms with Crippen molar-refractivity contribution >= 4 is 5.91 Å². The molecule has 1 fully saturated rings. The van der Waals surface area contributed by atoms with Gasteiger partial charge in [0.15, 0.2) is 0 Å². The zero-order valence-corrected chi connectivity index (χ0v) is 15.5. The van der Waals surface area contributed by atoms with Crippen LogP contribution in [-0.4, -0.2) is 29.5 Å². The third-order valence-corrected chi connectivity index (χ3v) is 4.81. The Balaban J connectivity index is 1.81. The van der Waals surface area contributed by atoms with Gasteiger partial charge < -0.3 is 10.1 Å². The molecule has 0 atom stereocenters. The first kappa shape index (κ1) is 21.0. The largest absolute Gasteiger partial charge is 0.435 e. The first-order valence-electron chi connectivity index (χ1n) is 9.04. The van der Waals surface area contributed by atoms with Gasteiger partial charge in [-0.2, -0.15) is 8.78 Å². The van der Waals surface area contributed by atoms with E-state index in [4.69, 9.17) is 0 Å². The number of nitrogens with zero attached hydrogens (tertiary/aromatic N) is 1. The SMILES string of the molecule is Cc1ncc(C(=O)NC2CCC(F)(F)CC2)cc1-c1cc(F)cc(OC(F)F)c1. The van der Waals surface area contributed by atoms with Gasteiger partial charge in [-0.05, 0) is 43.5 Å². The van der Waals surface area contributed by atoms with E-state index in [0.29, 0.717) is 11.3 Å². The van der Waals surface area contributed by atoms with Crippen LogP contribution in [0.4, 0.5) is 22.0 Å². The summed E-state index contributed by atoms with van der Waals surface area (Å²) in [6, 6.07) is 4.26. The van der Waals surface area contributed by atoms with Crippen molar-refractivity contribution in [2.24, 2.45) is 0 Å². The second-order valence-electron chi connectivity index (χ2n) is 7.01. The number of benzene rings is 1. The minimum Gasteiger partial charge on any atom is -0.435 e. The van der Waals surface area contributed by atoms with Crippen LogP contribution >= 0.6 is 0 Å². The molecular formula is C20H19F5N2O2. The number of halogens is 5. The van der Waals surface area contributed by atoms with E-state index >= 15 is 0 Å². The number of alkyl halides is 4. The van der Waals surface area contributed by atoms with Crippen LogP contribution in [0, 0.1) is 12.7 Å². The molecule has 4 nitrogen and oxygen atoms in total. The highest BCUT2D eigenvalue weighted by atomic mass is 19.3. The third kappa shape index (κ3) is 5.42. The molecule has 2 aromatic rings. The fourth-order valence-corrected chi connectivity index (χ4v) is 3.29. The van der Waals surface area contributed by atoms with Crippen molar-refractivity contribution in [2.75, 3.05) is 0 Å². The number of carbonyl (C=O) groups excluding carboxylic acids is 1. The van der Waals surface area contributed by atoms with Crippen LogP contribution in [0.1, 0.15) is 41.7 Å². The van der Waals surface area contributed by atoms with Gasteiger partial charge in [0, 0.05) is 42.4 Å². The van der Waals surface area contributed by atoms with Gasteiger partial charge in [0.25, 0.3) is 5.91 Å². The number of pyridine rings is 1. The lowest BCUT2D eigenvalue weighted by Crippen LogP contribution is -2.40. The monoisotopic (exact) mass is 414 g/mol. The Labute approximate surface area is 164 Å². The zero-order valence-electron chi connectivity index (χ0n) is 15.5. The van der Waals surface area contributed by atoms with Crippen LogP contribution in [0.3, 0.4) is 0 Å². The molecule has 0 unspecified atom stereocenters. The van der Waals surface area contributed by atoms with Crippen molar-refractivity contribution in [3.05, 3.63) is 47.5 Å². The normalized spacial score (nSPS) is 16.7. The van der Waals surface area contributed by atoms with Gasteiger partial charge in [0.1, 0.15) is 11.6 Å². The maximum absolute atomic E-state index is 13.8. The molecule has 9 heteroatoms. The van der Waals surface area contributed by atoms with Crippen molar-refractivity contribution < 1.29 is 31.5 Å². The summed E-state index contributed by atoms with van der Waals surface area (Å²) < 4.78 is 69.5. The Kier molecular flexibility index (Phi) is 6.04. The van der Waals surface area contributed by atoms with E-state index in [2.05, 4.69) is 15.0 Å². The van der Waals surface area contributed by atoms with E-state index in [-0.39, 0.29) is 48.6 Å². The summed E-state index contributed by atoms with van der Waals surface area (Å²) in [4.78, 5) is 16.6. The lowest BCUT2D eigenvalue weighted by molar-refractivity contribution is -0.0499. The number of carbonyl (C=O) groups is 1. The molecule has 156 valence electrons.